The second-order valence-electron chi connectivity index (χ2n) is 7.75. The van der Waals surface area contributed by atoms with Gasteiger partial charge in [-0.15, -0.1) is 0 Å². The molecule has 30 heavy (non-hydrogen) atoms. The van der Waals surface area contributed by atoms with E-state index in [0.29, 0.717) is 18.7 Å². The Morgan fingerprint density at radius 2 is 2.00 bits per heavy atom. The third-order valence-corrected chi connectivity index (χ3v) is 5.37. The van der Waals surface area contributed by atoms with Crippen LogP contribution in [0.15, 0.2) is 54.9 Å². The lowest BCUT2D eigenvalue weighted by Gasteiger charge is -2.18. The van der Waals surface area contributed by atoms with Crippen molar-refractivity contribution in [2.75, 3.05) is 13.2 Å². The summed E-state index contributed by atoms with van der Waals surface area (Å²) in [6, 6.07) is 13.9. The number of benzene rings is 2. The van der Waals surface area contributed by atoms with Crippen LogP contribution >= 0.6 is 0 Å². The van der Waals surface area contributed by atoms with Gasteiger partial charge in [-0.1, -0.05) is 29.8 Å². The zero-order chi connectivity index (χ0) is 20.9. The molecule has 0 aliphatic carbocycles. The molecule has 0 fully saturated rings. The Bertz CT molecular complexity index is 1010. The SMILES string of the molecule is CCn1cc(CN2CCOc3ccc(C(=O)NCc4ccc(C)cc4)cc3C2)cn1. The van der Waals surface area contributed by atoms with Crippen molar-refractivity contribution in [2.24, 2.45) is 0 Å². The lowest BCUT2D eigenvalue weighted by molar-refractivity contribution is 0.0950. The predicted molar refractivity (Wildman–Crippen MR) is 116 cm³/mol. The first-order valence-electron chi connectivity index (χ1n) is 10.4. The Labute approximate surface area is 177 Å². The van der Waals surface area contributed by atoms with E-state index < -0.39 is 0 Å². The number of carbonyl (C=O) groups excluding carboxylic acids is 1. The molecule has 0 bridgehead atoms. The topological polar surface area (TPSA) is 59.4 Å². The molecule has 1 aromatic heterocycles. The standard InChI is InChI=1S/C24H28N4O2/c1-3-28-16-20(14-26-28)15-27-10-11-30-23-9-8-21(12-22(23)17-27)24(29)25-13-19-6-4-18(2)5-7-19/h4-9,12,14,16H,3,10-11,13,15,17H2,1-2H3,(H,25,29). The lowest BCUT2D eigenvalue weighted by Crippen LogP contribution is -2.25. The summed E-state index contributed by atoms with van der Waals surface area (Å²) in [5.74, 6) is 0.787. The molecular formula is C24H28N4O2. The number of nitrogens with zero attached hydrogens (tertiary/aromatic N) is 3. The largest absolute Gasteiger partial charge is 0.492 e. The minimum absolute atomic E-state index is 0.0709. The molecule has 1 amide bonds. The monoisotopic (exact) mass is 404 g/mol. The van der Waals surface area contributed by atoms with Crippen LogP contribution in [-0.4, -0.2) is 33.7 Å². The summed E-state index contributed by atoms with van der Waals surface area (Å²) in [6.07, 6.45) is 4.01. The van der Waals surface area contributed by atoms with E-state index in [1.165, 1.54) is 11.1 Å². The molecule has 1 aliphatic heterocycles. The highest BCUT2D eigenvalue weighted by Gasteiger charge is 2.18. The molecule has 2 heterocycles. The number of nitrogens with one attached hydrogen (secondary N) is 1. The Morgan fingerprint density at radius 1 is 1.17 bits per heavy atom. The molecule has 0 spiro atoms. The Morgan fingerprint density at radius 3 is 2.77 bits per heavy atom. The molecule has 0 saturated heterocycles. The normalized spacial score (nSPS) is 13.9. The summed E-state index contributed by atoms with van der Waals surface area (Å²) in [5, 5.41) is 7.37. The van der Waals surface area contributed by atoms with Crippen molar-refractivity contribution in [3.05, 3.63) is 82.7 Å². The fourth-order valence-corrected chi connectivity index (χ4v) is 3.63. The van der Waals surface area contributed by atoms with E-state index in [-0.39, 0.29) is 5.91 Å². The van der Waals surface area contributed by atoms with Gasteiger partial charge in [-0.2, -0.15) is 5.10 Å². The highest BCUT2D eigenvalue weighted by molar-refractivity contribution is 5.94. The highest BCUT2D eigenvalue weighted by atomic mass is 16.5. The number of ether oxygens (including phenoxy) is 1. The molecule has 3 aromatic rings. The van der Waals surface area contributed by atoms with Gasteiger partial charge in [-0.3, -0.25) is 14.4 Å². The Kier molecular flexibility index (Phi) is 6.14. The molecule has 0 unspecified atom stereocenters. The van der Waals surface area contributed by atoms with Gasteiger partial charge >= 0.3 is 0 Å². The number of rotatable bonds is 6. The molecular weight excluding hydrogens is 376 g/mol. The smallest absolute Gasteiger partial charge is 0.251 e. The number of amides is 1. The van der Waals surface area contributed by atoms with Crippen LogP contribution in [0.2, 0.25) is 0 Å². The van der Waals surface area contributed by atoms with Gasteiger partial charge in [0.05, 0.1) is 6.20 Å². The third-order valence-electron chi connectivity index (χ3n) is 5.37. The van der Waals surface area contributed by atoms with Gasteiger partial charge in [0, 0.05) is 55.6 Å². The van der Waals surface area contributed by atoms with Gasteiger partial charge < -0.3 is 10.1 Å². The van der Waals surface area contributed by atoms with Crippen LogP contribution in [0.5, 0.6) is 5.75 Å². The predicted octanol–water partition coefficient (Wildman–Crippen LogP) is 3.54. The van der Waals surface area contributed by atoms with Crippen molar-refractivity contribution < 1.29 is 9.53 Å². The van der Waals surface area contributed by atoms with Crippen molar-refractivity contribution in [1.82, 2.24) is 20.0 Å². The van der Waals surface area contributed by atoms with Crippen LogP contribution in [-0.2, 0) is 26.2 Å². The van der Waals surface area contributed by atoms with E-state index in [2.05, 4.69) is 47.5 Å². The first-order valence-corrected chi connectivity index (χ1v) is 10.4. The number of hydrogen-bond donors (Lipinski definition) is 1. The van der Waals surface area contributed by atoms with Gasteiger partial charge in [0.15, 0.2) is 0 Å². The number of aryl methyl sites for hydroxylation is 2. The van der Waals surface area contributed by atoms with Crippen molar-refractivity contribution in [3.63, 3.8) is 0 Å². The van der Waals surface area contributed by atoms with E-state index in [9.17, 15) is 4.79 Å². The number of fused-ring (bicyclic) bond motifs is 1. The number of hydrogen-bond acceptors (Lipinski definition) is 4. The Balaban J connectivity index is 1.42. The summed E-state index contributed by atoms with van der Waals surface area (Å²) in [5.41, 5.74) is 5.18. The van der Waals surface area contributed by atoms with Gasteiger partial charge in [0.1, 0.15) is 12.4 Å². The van der Waals surface area contributed by atoms with Crippen LogP contribution in [0.4, 0.5) is 0 Å². The molecule has 6 nitrogen and oxygen atoms in total. The van der Waals surface area contributed by atoms with Crippen LogP contribution < -0.4 is 10.1 Å². The highest BCUT2D eigenvalue weighted by Crippen LogP contribution is 2.25. The van der Waals surface area contributed by atoms with Crippen molar-refractivity contribution in [1.29, 1.82) is 0 Å². The van der Waals surface area contributed by atoms with E-state index >= 15 is 0 Å². The fourth-order valence-electron chi connectivity index (χ4n) is 3.63. The molecule has 0 atom stereocenters. The van der Waals surface area contributed by atoms with Crippen molar-refractivity contribution in [3.8, 4) is 5.75 Å². The van der Waals surface area contributed by atoms with Crippen molar-refractivity contribution in [2.45, 2.75) is 40.0 Å². The van der Waals surface area contributed by atoms with Crippen LogP contribution in [0, 0.1) is 6.92 Å². The second kappa shape index (κ2) is 9.13. The minimum Gasteiger partial charge on any atom is -0.492 e. The van der Waals surface area contributed by atoms with E-state index in [1.807, 2.05) is 41.2 Å². The van der Waals surface area contributed by atoms with E-state index in [4.69, 9.17) is 4.74 Å². The Hall–Kier alpha value is -3.12. The quantitative estimate of drug-likeness (QED) is 0.683. The molecule has 0 radical (unpaired) electrons. The molecule has 2 aromatic carbocycles. The van der Waals surface area contributed by atoms with Gasteiger partial charge in [0.2, 0.25) is 0 Å². The van der Waals surface area contributed by atoms with Gasteiger partial charge in [0.25, 0.3) is 5.91 Å². The molecule has 0 saturated carbocycles. The first kappa shape index (κ1) is 20.2. The summed E-state index contributed by atoms with van der Waals surface area (Å²) in [4.78, 5) is 15.0. The third kappa shape index (κ3) is 4.89. The fraction of sp³-hybridized carbons (Fsp3) is 0.333. The zero-order valence-corrected chi connectivity index (χ0v) is 17.6. The molecule has 1 N–H and O–H groups in total. The van der Waals surface area contributed by atoms with E-state index in [0.717, 1.165) is 43.1 Å². The maximum Gasteiger partial charge on any atom is 0.251 e. The van der Waals surface area contributed by atoms with Crippen LogP contribution in [0.25, 0.3) is 0 Å². The minimum atomic E-state index is -0.0709. The van der Waals surface area contributed by atoms with Crippen LogP contribution in [0.1, 0.15) is 39.5 Å². The second-order valence-corrected chi connectivity index (χ2v) is 7.75. The molecule has 4 rings (SSSR count). The van der Waals surface area contributed by atoms with Gasteiger partial charge in [-0.25, -0.2) is 0 Å². The average Bonchev–Trinajstić information content (AvgIpc) is 3.11. The van der Waals surface area contributed by atoms with Gasteiger partial charge in [-0.05, 0) is 37.6 Å². The summed E-state index contributed by atoms with van der Waals surface area (Å²) >= 11 is 0. The maximum atomic E-state index is 12.7. The first-order chi connectivity index (χ1) is 14.6. The maximum absolute atomic E-state index is 12.7. The average molecular weight is 405 g/mol. The summed E-state index contributed by atoms with van der Waals surface area (Å²) in [7, 11) is 0. The molecule has 6 heteroatoms. The molecule has 156 valence electrons. The van der Waals surface area contributed by atoms with Crippen LogP contribution in [0.3, 0.4) is 0 Å². The zero-order valence-electron chi connectivity index (χ0n) is 17.6. The number of aromatic nitrogens is 2. The summed E-state index contributed by atoms with van der Waals surface area (Å²) < 4.78 is 7.86. The van der Waals surface area contributed by atoms with Crippen molar-refractivity contribution >= 4 is 5.91 Å². The molecule has 1 aliphatic rings. The number of carbonyl (C=O) groups is 1. The summed E-state index contributed by atoms with van der Waals surface area (Å²) in [6.45, 7) is 8.54. The van der Waals surface area contributed by atoms with E-state index in [1.54, 1.807) is 0 Å². The lowest BCUT2D eigenvalue weighted by atomic mass is 10.1.